The van der Waals surface area contributed by atoms with Gasteiger partial charge in [-0.25, -0.2) is 4.98 Å². The van der Waals surface area contributed by atoms with E-state index in [1.807, 2.05) is 24.3 Å². The average molecular weight is 287 g/mol. The number of aromatic amines is 1. The van der Waals surface area contributed by atoms with Crippen LogP contribution in [-0.2, 0) is 5.75 Å². The van der Waals surface area contributed by atoms with Gasteiger partial charge in [0.1, 0.15) is 0 Å². The van der Waals surface area contributed by atoms with Crippen LogP contribution >= 0.6 is 11.8 Å². The lowest BCUT2D eigenvalue weighted by molar-refractivity contribution is 0.389. The van der Waals surface area contributed by atoms with Crippen LogP contribution in [0.4, 0.5) is 0 Å². The molecule has 3 rings (SSSR count). The Morgan fingerprint density at radius 2 is 1.95 bits per heavy atom. The summed E-state index contributed by atoms with van der Waals surface area (Å²) >= 11 is 1.47. The maximum Gasteiger partial charge on any atom is 0.223 e. The van der Waals surface area contributed by atoms with Crippen molar-refractivity contribution in [2.75, 3.05) is 0 Å². The van der Waals surface area contributed by atoms with E-state index in [1.165, 1.54) is 17.3 Å². The lowest BCUT2D eigenvalue weighted by Gasteiger charge is -1.95. The molecule has 6 nitrogen and oxygen atoms in total. The van der Waals surface area contributed by atoms with Crippen LogP contribution in [0.15, 0.2) is 33.9 Å². The standard InChI is InChI=1S/C13H13N5OS/c1-8-3-5-10(6-4-8)12-15-13(17-16-12)20-7-11-14-9(2)19-18-11/h3-6H,7H2,1-2H3,(H,15,16,17). The van der Waals surface area contributed by atoms with Crippen LogP contribution in [0.25, 0.3) is 11.4 Å². The number of rotatable bonds is 4. The Balaban J connectivity index is 1.69. The first kappa shape index (κ1) is 12.9. The van der Waals surface area contributed by atoms with Crippen molar-refractivity contribution >= 4 is 11.8 Å². The van der Waals surface area contributed by atoms with Gasteiger partial charge in [0.25, 0.3) is 0 Å². The minimum absolute atomic E-state index is 0.566. The van der Waals surface area contributed by atoms with Gasteiger partial charge in [-0.1, -0.05) is 46.7 Å². The quantitative estimate of drug-likeness (QED) is 0.743. The second kappa shape index (κ2) is 5.46. The van der Waals surface area contributed by atoms with Crippen molar-refractivity contribution in [3.63, 3.8) is 0 Å². The largest absolute Gasteiger partial charge is 0.340 e. The van der Waals surface area contributed by atoms with E-state index in [4.69, 9.17) is 4.52 Å². The highest BCUT2D eigenvalue weighted by molar-refractivity contribution is 7.98. The SMILES string of the molecule is Cc1ccc(-c2nc(SCc3noc(C)n3)n[nH]2)cc1. The normalized spacial score (nSPS) is 10.9. The molecule has 0 saturated carbocycles. The number of H-pyrrole nitrogens is 1. The van der Waals surface area contributed by atoms with Crippen molar-refractivity contribution in [2.45, 2.75) is 24.8 Å². The molecule has 20 heavy (non-hydrogen) atoms. The highest BCUT2D eigenvalue weighted by atomic mass is 32.2. The summed E-state index contributed by atoms with van der Waals surface area (Å²) in [4.78, 5) is 8.58. The zero-order chi connectivity index (χ0) is 13.9. The molecule has 0 bridgehead atoms. The van der Waals surface area contributed by atoms with Gasteiger partial charge in [0.15, 0.2) is 11.6 Å². The molecule has 0 radical (unpaired) electrons. The molecule has 102 valence electrons. The summed E-state index contributed by atoms with van der Waals surface area (Å²) in [5.41, 5.74) is 2.24. The van der Waals surface area contributed by atoms with E-state index in [1.54, 1.807) is 6.92 Å². The molecule has 0 unspecified atom stereocenters. The van der Waals surface area contributed by atoms with Gasteiger partial charge in [0.05, 0.1) is 5.75 Å². The first-order valence-electron chi connectivity index (χ1n) is 6.12. The second-order valence-electron chi connectivity index (χ2n) is 4.35. The molecular formula is C13H13N5OS. The van der Waals surface area contributed by atoms with Gasteiger partial charge in [0.2, 0.25) is 11.0 Å². The number of aromatic nitrogens is 5. The summed E-state index contributed by atoms with van der Waals surface area (Å²) in [6.07, 6.45) is 0. The van der Waals surface area contributed by atoms with Crippen molar-refractivity contribution in [3.8, 4) is 11.4 Å². The number of nitrogens with one attached hydrogen (secondary N) is 1. The van der Waals surface area contributed by atoms with E-state index in [9.17, 15) is 0 Å². The van der Waals surface area contributed by atoms with E-state index >= 15 is 0 Å². The highest BCUT2D eigenvalue weighted by Crippen LogP contribution is 2.21. The molecular weight excluding hydrogens is 274 g/mol. The van der Waals surface area contributed by atoms with Crippen molar-refractivity contribution in [2.24, 2.45) is 0 Å². The van der Waals surface area contributed by atoms with Gasteiger partial charge in [-0.3, -0.25) is 5.10 Å². The predicted octanol–water partition coefficient (Wildman–Crippen LogP) is 2.76. The van der Waals surface area contributed by atoms with Gasteiger partial charge in [-0.15, -0.1) is 5.10 Å². The van der Waals surface area contributed by atoms with Gasteiger partial charge in [-0.05, 0) is 6.92 Å². The average Bonchev–Trinajstić information content (AvgIpc) is 3.06. The minimum atomic E-state index is 0.566. The zero-order valence-corrected chi connectivity index (χ0v) is 11.9. The molecule has 0 aliphatic rings. The van der Waals surface area contributed by atoms with Gasteiger partial charge in [-0.2, -0.15) is 4.98 Å². The zero-order valence-electron chi connectivity index (χ0n) is 11.1. The summed E-state index contributed by atoms with van der Waals surface area (Å²) in [5.74, 6) is 2.56. The van der Waals surface area contributed by atoms with E-state index in [0.717, 1.165) is 11.4 Å². The Morgan fingerprint density at radius 3 is 2.65 bits per heavy atom. The number of hydrogen-bond acceptors (Lipinski definition) is 6. The first-order valence-corrected chi connectivity index (χ1v) is 7.11. The van der Waals surface area contributed by atoms with Crippen molar-refractivity contribution in [1.82, 2.24) is 25.3 Å². The smallest absolute Gasteiger partial charge is 0.223 e. The Kier molecular flexibility index (Phi) is 3.51. The topological polar surface area (TPSA) is 80.5 Å². The Bertz CT molecular complexity index is 704. The summed E-state index contributed by atoms with van der Waals surface area (Å²) in [5, 5.41) is 11.6. The summed E-state index contributed by atoms with van der Waals surface area (Å²) < 4.78 is 4.92. The predicted molar refractivity (Wildman–Crippen MR) is 75.2 cm³/mol. The van der Waals surface area contributed by atoms with Crippen LogP contribution in [0.2, 0.25) is 0 Å². The van der Waals surface area contributed by atoms with Crippen LogP contribution in [0.3, 0.4) is 0 Å². The van der Waals surface area contributed by atoms with Gasteiger partial charge < -0.3 is 4.52 Å². The second-order valence-corrected chi connectivity index (χ2v) is 5.29. The fraction of sp³-hybridized carbons (Fsp3) is 0.231. The number of aryl methyl sites for hydroxylation is 2. The number of hydrogen-bond donors (Lipinski definition) is 1. The maximum atomic E-state index is 4.92. The first-order chi connectivity index (χ1) is 9.70. The molecule has 0 fully saturated rings. The summed E-state index contributed by atoms with van der Waals surface area (Å²) in [6, 6.07) is 8.14. The molecule has 1 N–H and O–H groups in total. The fourth-order valence-electron chi connectivity index (χ4n) is 1.68. The third-order valence-electron chi connectivity index (χ3n) is 2.69. The molecule has 3 aromatic rings. The lowest BCUT2D eigenvalue weighted by atomic mass is 10.1. The third kappa shape index (κ3) is 2.88. The van der Waals surface area contributed by atoms with Crippen LogP contribution in [-0.4, -0.2) is 25.3 Å². The molecule has 2 heterocycles. The Morgan fingerprint density at radius 1 is 1.15 bits per heavy atom. The van der Waals surface area contributed by atoms with Gasteiger partial charge >= 0.3 is 0 Å². The summed E-state index contributed by atoms with van der Waals surface area (Å²) in [6.45, 7) is 3.82. The van der Waals surface area contributed by atoms with Crippen molar-refractivity contribution in [3.05, 3.63) is 41.5 Å². The number of benzene rings is 1. The van der Waals surface area contributed by atoms with Gasteiger partial charge in [0, 0.05) is 12.5 Å². The molecule has 0 amide bonds. The highest BCUT2D eigenvalue weighted by Gasteiger charge is 2.08. The maximum absolute atomic E-state index is 4.92. The number of thioether (sulfide) groups is 1. The Hall–Kier alpha value is -2.15. The summed E-state index contributed by atoms with van der Waals surface area (Å²) in [7, 11) is 0. The van der Waals surface area contributed by atoms with Crippen LogP contribution < -0.4 is 0 Å². The molecule has 1 aromatic carbocycles. The Labute approximate surface area is 120 Å². The van der Waals surface area contributed by atoms with Crippen molar-refractivity contribution in [1.29, 1.82) is 0 Å². The number of nitrogens with zero attached hydrogens (tertiary/aromatic N) is 4. The molecule has 7 heteroatoms. The molecule has 0 atom stereocenters. The molecule has 0 aliphatic heterocycles. The van der Waals surface area contributed by atoms with E-state index in [0.29, 0.717) is 22.6 Å². The molecule has 0 saturated heterocycles. The fourth-order valence-corrected chi connectivity index (χ4v) is 2.32. The van der Waals surface area contributed by atoms with E-state index in [2.05, 4.69) is 32.2 Å². The minimum Gasteiger partial charge on any atom is -0.340 e. The van der Waals surface area contributed by atoms with E-state index < -0.39 is 0 Å². The third-order valence-corrected chi connectivity index (χ3v) is 3.53. The lowest BCUT2D eigenvalue weighted by Crippen LogP contribution is -1.85. The van der Waals surface area contributed by atoms with Crippen LogP contribution in [0.5, 0.6) is 0 Å². The molecule has 0 spiro atoms. The monoisotopic (exact) mass is 287 g/mol. The van der Waals surface area contributed by atoms with Crippen LogP contribution in [0, 0.1) is 13.8 Å². The van der Waals surface area contributed by atoms with Crippen LogP contribution in [0.1, 0.15) is 17.3 Å². The molecule has 2 aromatic heterocycles. The molecule has 0 aliphatic carbocycles. The van der Waals surface area contributed by atoms with Crippen molar-refractivity contribution < 1.29 is 4.52 Å². The van der Waals surface area contributed by atoms with E-state index in [-0.39, 0.29) is 0 Å².